The standard InChI is InChI=1S/C9H15NO3/c1-3-5-10-9(8(11)12)4-6-13-7(9)2/h3,7,10H,1,4-6H2,2H3,(H,11,12). The number of rotatable bonds is 4. The molecule has 0 aromatic heterocycles. The maximum atomic E-state index is 11.1. The van der Waals surface area contributed by atoms with Crippen molar-refractivity contribution < 1.29 is 14.6 Å². The quantitative estimate of drug-likeness (QED) is 0.622. The van der Waals surface area contributed by atoms with E-state index in [2.05, 4.69) is 11.9 Å². The fourth-order valence-electron chi connectivity index (χ4n) is 1.59. The minimum absolute atomic E-state index is 0.287. The Balaban J connectivity index is 2.74. The first-order valence-corrected chi connectivity index (χ1v) is 4.34. The highest BCUT2D eigenvalue weighted by atomic mass is 16.5. The molecule has 0 amide bonds. The summed E-state index contributed by atoms with van der Waals surface area (Å²) in [6.07, 6.45) is 1.87. The second-order valence-electron chi connectivity index (χ2n) is 3.21. The molecule has 1 rings (SSSR count). The zero-order valence-electron chi connectivity index (χ0n) is 7.75. The van der Waals surface area contributed by atoms with E-state index in [1.165, 1.54) is 0 Å². The highest BCUT2D eigenvalue weighted by Crippen LogP contribution is 2.25. The third-order valence-electron chi connectivity index (χ3n) is 2.50. The van der Waals surface area contributed by atoms with E-state index in [-0.39, 0.29) is 6.10 Å². The second-order valence-corrected chi connectivity index (χ2v) is 3.21. The van der Waals surface area contributed by atoms with Crippen molar-refractivity contribution in [3.63, 3.8) is 0 Å². The molecule has 4 heteroatoms. The number of hydrogen-bond acceptors (Lipinski definition) is 3. The molecule has 0 aliphatic carbocycles. The topological polar surface area (TPSA) is 58.6 Å². The highest BCUT2D eigenvalue weighted by molar-refractivity contribution is 5.80. The fraction of sp³-hybridized carbons (Fsp3) is 0.667. The van der Waals surface area contributed by atoms with E-state index in [0.29, 0.717) is 19.6 Å². The number of nitrogens with one attached hydrogen (secondary N) is 1. The molecular weight excluding hydrogens is 170 g/mol. The number of carboxylic acid groups (broad SMARTS) is 1. The van der Waals surface area contributed by atoms with Crippen molar-refractivity contribution in [2.45, 2.75) is 25.0 Å². The van der Waals surface area contributed by atoms with Gasteiger partial charge in [0.1, 0.15) is 5.54 Å². The SMILES string of the molecule is C=CCNC1(C(=O)O)CCOC1C. The molecule has 0 saturated carbocycles. The normalized spacial score (nSPS) is 33.2. The molecule has 2 unspecified atom stereocenters. The van der Waals surface area contributed by atoms with Crippen LogP contribution in [0.5, 0.6) is 0 Å². The van der Waals surface area contributed by atoms with Gasteiger partial charge in [0.2, 0.25) is 0 Å². The number of ether oxygens (including phenoxy) is 1. The zero-order chi connectivity index (χ0) is 9.90. The van der Waals surface area contributed by atoms with Crippen LogP contribution >= 0.6 is 0 Å². The van der Waals surface area contributed by atoms with Crippen LogP contribution in [0.1, 0.15) is 13.3 Å². The lowest BCUT2D eigenvalue weighted by molar-refractivity contribution is -0.146. The van der Waals surface area contributed by atoms with E-state index in [1.54, 1.807) is 13.0 Å². The Kier molecular flexibility index (Phi) is 3.06. The zero-order valence-corrected chi connectivity index (χ0v) is 7.75. The lowest BCUT2D eigenvalue weighted by Gasteiger charge is -2.28. The molecule has 1 heterocycles. The number of carbonyl (C=O) groups is 1. The van der Waals surface area contributed by atoms with Gasteiger partial charge in [0, 0.05) is 19.6 Å². The van der Waals surface area contributed by atoms with Gasteiger partial charge in [0.25, 0.3) is 0 Å². The molecule has 0 bridgehead atoms. The molecule has 1 saturated heterocycles. The van der Waals surface area contributed by atoms with Crippen LogP contribution in [0.15, 0.2) is 12.7 Å². The molecule has 13 heavy (non-hydrogen) atoms. The molecule has 4 nitrogen and oxygen atoms in total. The lowest BCUT2D eigenvalue weighted by atomic mass is 9.92. The molecule has 0 aromatic rings. The van der Waals surface area contributed by atoms with Crippen molar-refractivity contribution in [3.05, 3.63) is 12.7 Å². The van der Waals surface area contributed by atoms with Gasteiger partial charge in [-0.2, -0.15) is 0 Å². The number of aliphatic carboxylic acids is 1. The van der Waals surface area contributed by atoms with Crippen LogP contribution < -0.4 is 5.32 Å². The minimum atomic E-state index is -0.922. The maximum Gasteiger partial charge on any atom is 0.326 e. The third-order valence-corrected chi connectivity index (χ3v) is 2.50. The van der Waals surface area contributed by atoms with Gasteiger partial charge < -0.3 is 9.84 Å². The summed E-state index contributed by atoms with van der Waals surface area (Å²) < 4.78 is 5.25. The Hall–Kier alpha value is -0.870. The highest BCUT2D eigenvalue weighted by Gasteiger charge is 2.47. The van der Waals surface area contributed by atoms with Gasteiger partial charge in [0.05, 0.1) is 6.10 Å². The van der Waals surface area contributed by atoms with E-state index in [4.69, 9.17) is 9.84 Å². The van der Waals surface area contributed by atoms with E-state index >= 15 is 0 Å². The monoisotopic (exact) mass is 185 g/mol. The summed E-state index contributed by atoms with van der Waals surface area (Å²) in [4.78, 5) is 11.1. The average molecular weight is 185 g/mol. The predicted octanol–water partition coefficient (Wildman–Crippen LogP) is 0.394. The van der Waals surface area contributed by atoms with E-state index < -0.39 is 11.5 Å². The fourth-order valence-corrected chi connectivity index (χ4v) is 1.59. The van der Waals surface area contributed by atoms with Crippen LogP contribution in [0.2, 0.25) is 0 Å². The largest absolute Gasteiger partial charge is 0.480 e. The van der Waals surface area contributed by atoms with Crippen molar-refractivity contribution in [3.8, 4) is 0 Å². The van der Waals surface area contributed by atoms with Gasteiger partial charge in [-0.1, -0.05) is 6.08 Å². The Morgan fingerprint density at radius 2 is 2.62 bits per heavy atom. The first-order chi connectivity index (χ1) is 6.13. The van der Waals surface area contributed by atoms with E-state index in [0.717, 1.165) is 0 Å². The Morgan fingerprint density at radius 1 is 1.92 bits per heavy atom. The summed E-state index contributed by atoms with van der Waals surface area (Å²) in [5, 5.41) is 12.0. The molecule has 2 N–H and O–H groups in total. The first kappa shape index (κ1) is 10.2. The number of hydrogen-bond donors (Lipinski definition) is 2. The Labute approximate surface area is 77.6 Å². The minimum Gasteiger partial charge on any atom is -0.480 e. The second kappa shape index (κ2) is 3.89. The Morgan fingerprint density at radius 3 is 3.00 bits per heavy atom. The van der Waals surface area contributed by atoms with Gasteiger partial charge in [-0.05, 0) is 6.92 Å². The molecule has 0 aromatic carbocycles. The van der Waals surface area contributed by atoms with Gasteiger partial charge in [-0.3, -0.25) is 10.1 Å². The van der Waals surface area contributed by atoms with Gasteiger partial charge in [-0.25, -0.2) is 0 Å². The molecule has 0 radical (unpaired) electrons. The summed E-state index contributed by atoms with van der Waals surface area (Å²) in [7, 11) is 0. The lowest BCUT2D eigenvalue weighted by Crippen LogP contribution is -2.56. The molecule has 1 aliphatic rings. The predicted molar refractivity (Wildman–Crippen MR) is 48.6 cm³/mol. The van der Waals surface area contributed by atoms with Crippen LogP contribution in [-0.2, 0) is 9.53 Å². The van der Waals surface area contributed by atoms with Crippen LogP contribution in [0.4, 0.5) is 0 Å². The third kappa shape index (κ3) is 1.73. The van der Waals surface area contributed by atoms with E-state index in [9.17, 15) is 4.79 Å². The summed E-state index contributed by atoms with van der Waals surface area (Å²) >= 11 is 0. The van der Waals surface area contributed by atoms with Crippen LogP contribution in [0, 0.1) is 0 Å². The molecular formula is C9H15NO3. The maximum absolute atomic E-state index is 11.1. The smallest absolute Gasteiger partial charge is 0.326 e. The van der Waals surface area contributed by atoms with Crippen molar-refractivity contribution in [2.24, 2.45) is 0 Å². The summed E-state index contributed by atoms with van der Waals surface area (Å²) in [6.45, 7) is 6.30. The van der Waals surface area contributed by atoms with E-state index in [1.807, 2.05) is 0 Å². The van der Waals surface area contributed by atoms with Crippen LogP contribution in [0.25, 0.3) is 0 Å². The summed E-state index contributed by atoms with van der Waals surface area (Å²) in [5.41, 5.74) is -0.922. The van der Waals surface area contributed by atoms with Crippen LogP contribution in [-0.4, -0.2) is 35.9 Å². The van der Waals surface area contributed by atoms with Gasteiger partial charge in [0.15, 0.2) is 0 Å². The summed E-state index contributed by atoms with van der Waals surface area (Å²) in [6, 6.07) is 0. The van der Waals surface area contributed by atoms with Gasteiger partial charge in [-0.15, -0.1) is 6.58 Å². The van der Waals surface area contributed by atoms with Crippen molar-refractivity contribution >= 4 is 5.97 Å². The van der Waals surface area contributed by atoms with Crippen molar-refractivity contribution in [1.29, 1.82) is 0 Å². The van der Waals surface area contributed by atoms with Crippen LogP contribution in [0.3, 0.4) is 0 Å². The van der Waals surface area contributed by atoms with Crippen molar-refractivity contribution in [2.75, 3.05) is 13.2 Å². The Bertz CT molecular complexity index is 217. The average Bonchev–Trinajstić information content (AvgIpc) is 2.45. The molecule has 1 aliphatic heterocycles. The molecule has 0 spiro atoms. The molecule has 74 valence electrons. The number of carboxylic acids is 1. The first-order valence-electron chi connectivity index (χ1n) is 4.34. The molecule has 2 atom stereocenters. The van der Waals surface area contributed by atoms with Gasteiger partial charge >= 0.3 is 5.97 Å². The molecule has 1 fully saturated rings. The summed E-state index contributed by atoms with van der Waals surface area (Å²) in [5.74, 6) is -0.848. The van der Waals surface area contributed by atoms with Crippen molar-refractivity contribution in [1.82, 2.24) is 5.32 Å².